The van der Waals surface area contributed by atoms with Crippen LogP contribution in [0, 0.1) is 11.3 Å². The summed E-state index contributed by atoms with van der Waals surface area (Å²) in [6.45, 7) is 3.25. The second kappa shape index (κ2) is 5.10. The van der Waals surface area contributed by atoms with Crippen molar-refractivity contribution < 1.29 is 9.53 Å². The first-order chi connectivity index (χ1) is 7.49. The van der Waals surface area contributed by atoms with E-state index in [4.69, 9.17) is 15.7 Å². The highest BCUT2D eigenvalue weighted by atomic mass is 16.5. The van der Waals surface area contributed by atoms with Gasteiger partial charge in [-0.05, 0) is 14.0 Å². The molecule has 1 unspecified atom stereocenters. The third kappa shape index (κ3) is 2.81. The molecule has 0 aromatic carbocycles. The Morgan fingerprint density at radius 1 is 1.75 bits per heavy atom. The average molecular weight is 223 g/mol. The molecule has 0 spiro atoms. The molecule has 0 aliphatic carbocycles. The van der Waals surface area contributed by atoms with Gasteiger partial charge in [0.1, 0.15) is 0 Å². The van der Waals surface area contributed by atoms with E-state index in [9.17, 15) is 4.79 Å². The Morgan fingerprint density at radius 3 is 2.75 bits per heavy atom. The highest BCUT2D eigenvalue weighted by Gasteiger charge is 2.35. The molecule has 1 fully saturated rings. The molecule has 1 rings (SSSR count). The Kier molecular flexibility index (Phi) is 4.05. The van der Waals surface area contributed by atoms with Gasteiger partial charge in [-0.1, -0.05) is 6.08 Å². The molecule has 5 heteroatoms. The summed E-state index contributed by atoms with van der Waals surface area (Å²) in [7, 11) is 1.93. The number of hydrogen-bond acceptors (Lipinski definition) is 4. The number of hydrogen-bond donors (Lipinski definition) is 1. The number of nitriles is 1. The monoisotopic (exact) mass is 223 g/mol. The molecule has 1 saturated heterocycles. The van der Waals surface area contributed by atoms with Crippen molar-refractivity contribution in [3.63, 3.8) is 0 Å². The van der Waals surface area contributed by atoms with Crippen LogP contribution in [-0.4, -0.2) is 42.6 Å². The molecular formula is C11H17N3O2. The number of nitrogens with zero attached hydrogens (tertiary/aromatic N) is 2. The van der Waals surface area contributed by atoms with E-state index in [0.717, 1.165) is 0 Å². The molecule has 0 aromatic heterocycles. The number of amides is 1. The van der Waals surface area contributed by atoms with E-state index in [1.54, 1.807) is 6.08 Å². The smallest absolute Gasteiger partial charge is 0.241 e. The van der Waals surface area contributed by atoms with Gasteiger partial charge < -0.3 is 10.5 Å². The zero-order valence-electron chi connectivity index (χ0n) is 9.64. The summed E-state index contributed by atoms with van der Waals surface area (Å²) in [5.74, 6) is -0.498. The molecule has 0 aromatic rings. The number of nitrogens with two attached hydrogens (primary N) is 1. The Balaban J connectivity index is 2.77. The summed E-state index contributed by atoms with van der Waals surface area (Å²) in [5.41, 5.74) is 4.59. The number of primary amides is 1. The molecule has 1 atom stereocenters. The van der Waals surface area contributed by atoms with Gasteiger partial charge in [-0.3, -0.25) is 9.69 Å². The summed E-state index contributed by atoms with van der Waals surface area (Å²) in [6.07, 6.45) is 3.31. The SMILES string of the molecule is CN(C1COC1)C(C)(C=CC(N)=O)CC#N. The van der Waals surface area contributed by atoms with Crippen molar-refractivity contribution in [3.05, 3.63) is 12.2 Å². The molecule has 88 valence electrons. The second-order valence-electron chi connectivity index (χ2n) is 4.23. The summed E-state index contributed by atoms with van der Waals surface area (Å²) in [5, 5.41) is 8.83. The maximum Gasteiger partial charge on any atom is 0.241 e. The van der Waals surface area contributed by atoms with Crippen LogP contribution >= 0.6 is 0 Å². The first kappa shape index (κ1) is 12.7. The lowest BCUT2D eigenvalue weighted by Crippen LogP contribution is -2.56. The Hall–Kier alpha value is -1.38. The standard InChI is InChI=1S/C11H17N3O2/c1-11(5-6-12,4-3-10(13)15)14(2)9-7-16-8-9/h3-4,9H,5,7-8H2,1-2H3,(H2,13,15). The average Bonchev–Trinajstić information content (AvgIpc) is 2.12. The van der Waals surface area contributed by atoms with E-state index in [0.29, 0.717) is 25.7 Å². The third-order valence-electron chi connectivity index (χ3n) is 3.02. The van der Waals surface area contributed by atoms with Gasteiger partial charge in [0.15, 0.2) is 0 Å². The molecule has 16 heavy (non-hydrogen) atoms. The molecule has 1 aliphatic rings. The van der Waals surface area contributed by atoms with Crippen LogP contribution in [0.3, 0.4) is 0 Å². The summed E-state index contributed by atoms with van der Waals surface area (Å²) < 4.78 is 5.11. The van der Waals surface area contributed by atoms with E-state index >= 15 is 0 Å². The van der Waals surface area contributed by atoms with Gasteiger partial charge in [-0.25, -0.2) is 0 Å². The Morgan fingerprint density at radius 2 is 2.38 bits per heavy atom. The molecule has 1 heterocycles. The molecule has 2 N–H and O–H groups in total. The van der Waals surface area contributed by atoms with Gasteiger partial charge >= 0.3 is 0 Å². The van der Waals surface area contributed by atoms with Crippen LogP contribution in [0.1, 0.15) is 13.3 Å². The van der Waals surface area contributed by atoms with Crippen LogP contribution in [-0.2, 0) is 9.53 Å². The number of rotatable bonds is 5. The van der Waals surface area contributed by atoms with Crippen molar-refractivity contribution in [2.45, 2.75) is 24.9 Å². The zero-order valence-corrected chi connectivity index (χ0v) is 9.64. The van der Waals surface area contributed by atoms with Crippen LogP contribution in [0.2, 0.25) is 0 Å². The minimum Gasteiger partial charge on any atom is -0.378 e. The second-order valence-corrected chi connectivity index (χ2v) is 4.23. The van der Waals surface area contributed by atoms with Crippen LogP contribution in [0.5, 0.6) is 0 Å². The first-order valence-corrected chi connectivity index (χ1v) is 5.16. The Bertz CT molecular complexity index is 331. The fourth-order valence-corrected chi connectivity index (χ4v) is 1.59. The molecule has 0 bridgehead atoms. The van der Waals surface area contributed by atoms with Crippen molar-refractivity contribution in [1.29, 1.82) is 5.26 Å². The minimum atomic E-state index is -0.498. The van der Waals surface area contributed by atoms with Crippen molar-refractivity contribution in [3.8, 4) is 6.07 Å². The van der Waals surface area contributed by atoms with Crippen LogP contribution < -0.4 is 5.73 Å². The lowest BCUT2D eigenvalue weighted by Gasteiger charge is -2.44. The van der Waals surface area contributed by atoms with Gasteiger partial charge in [-0.2, -0.15) is 5.26 Å². The summed E-state index contributed by atoms with van der Waals surface area (Å²) in [4.78, 5) is 12.8. The zero-order chi connectivity index (χ0) is 12.2. The predicted molar refractivity (Wildman–Crippen MR) is 59.3 cm³/mol. The molecule has 5 nitrogen and oxygen atoms in total. The topological polar surface area (TPSA) is 79.3 Å². The van der Waals surface area contributed by atoms with Gasteiger partial charge in [0, 0.05) is 11.6 Å². The van der Waals surface area contributed by atoms with E-state index < -0.39 is 11.4 Å². The normalized spacial score (nSPS) is 20.4. The maximum absolute atomic E-state index is 10.7. The van der Waals surface area contributed by atoms with Crippen LogP contribution in [0.25, 0.3) is 0 Å². The van der Waals surface area contributed by atoms with Crippen molar-refractivity contribution in [2.75, 3.05) is 20.3 Å². The highest BCUT2D eigenvalue weighted by Crippen LogP contribution is 2.24. The highest BCUT2D eigenvalue weighted by molar-refractivity contribution is 5.85. The van der Waals surface area contributed by atoms with Gasteiger partial charge in [0.2, 0.25) is 5.91 Å². The number of carbonyl (C=O) groups is 1. The molecule has 0 radical (unpaired) electrons. The van der Waals surface area contributed by atoms with Gasteiger partial charge in [0.25, 0.3) is 0 Å². The van der Waals surface area contributed by atoms with Crippen molar-refractivity contribution in [2.24, 2.45) is 5.73 Å². The largest absolute Gasteiger partial charge is 0.378 e. The van der Waals surface area contributed by atoms with Crippen molar-refractivity contribution in [1.82, 2.24) is 4.90 Å². The molecular weight excluding hydrogens is 206 g/mol. The quantitative estimate of drug-likeness (QED) is 0.667. The lowest BCUT2D eigenvalue weighted by atomic mass is 9.93. The Labute approximate surface area is 95.5 Å². The lowest BCUT2D eigenvalue weighted by molar-refractivity contribution is -0.113. The van der Waals surface area contributed by atoms with Crippen LogP contribution in [0.4, 0.5) is 0 Å². The third-order valence-corrected chi connectivity index (χ3v) is 3.02. The van der Waals surface area contributed by atoms with E-state index in [1.165, 1.54) is 6.08 Å². The van der Waals surface area contributed by atoms with E-state index in [1.807, 2.05) is 14.0 Å². The number of likely N-dealkylation sites (N-methyl/N-ethyl adjacent to an activating group) is 1. The van der Waals surface area contributed by atoms with Crippen LogP contribution in [0.15, 0.2) is 12.2 Å². The van der Waals surface area contributed by atoms with Gasteiger partial charge in [0.05, 0.1) is 31.7 Å². The van der Waals surface area contributed by atoms with E-state index in [2.05, 4.69) is 11.0 Å². The molecule has 1 amide bonds. The molecule has 1 aliphatic heterocycles. The molecule has 0 saturated carbocycles. The minimum absolute atomic E-state index is 0.302. The summed E-state index contributed by atoms with van der Waals surface area (Å²) >= 11 is 0. The summed E-state index contributed by atoms with van der Waals surface area (Å²) in [6, 6.07) is 2.43. The van der Waals surface area contributed by atoms with Gasteiger partial charge in [-0.15, -0.1) is 0 Å². The maximum atomic E-state index is 10.7. The van der Waals surface area contributed by atoms with E-state index in [-0.39, 0.29) is 0 Å². The fraction of sp³-hybridized carbons (Fsp3) is 0.636. The van der Waals surface area contributed by atoms with Crippen molar-refractivity contribution >= 4 is 5.91 Å². The number of carbonyl (C=O) groups excluding carboxylic acids is 1. The number of ether oxygens (including phenoxy) is 1. The predicted octanol–water partition coefficient (Wildman–Crippen LogP) is 0.0309. The fourth-order valence-electron chi connectivity index (χ4n) is 1.59. The first-order valence-electron chi connectivity index (χ1n) is 5.16.